The molecular formula is C21H18ClN3O3S2. The molecule has 0 unspecified atom stereocenters. The Bertz CT molecular complexity index is 1310. The van der Waals surface area contributed by atoms with Gasteiger partial charge in [-0.2, -0.15) is 4.98 Å². The highest BCUT2D eigenvalue weighted by Gasteiger charge is 2.29. The molecular weight excluding hydrogens is 442 g/mol. The van der Waals surface area contributed by atoms with Gasteiger partial charge in [-0.05, 0) is 60.7 Å². The third-order valence-electron chi connectivity index (χ3n) is 4.54. The highest BCUT2D eigenvalue weighted by Crippen LogP contribution is 2.36. The molecule has 2 aromatic carbocycles. The van der Waals surface area contributed by atoms with Gasteiger partial charge in [0.2, 0.25) is 5.82 Å². The summed E-state index contributed by atoms with van der Waals surface area (Å²) in [7, 11) is -2.29. The molecule has 4 aromatic rings. The largest absolute Gasteiger partial charge is 0.333 e. The minimum Gasteiger partial charge on any atom is -0.333 e. The lowest BCUT2D eigenvalue weighted by atomic mass is 10.1. The monoisotopic (exact) mass is 459 g/mol. The first-order chi connectivity index (χ1) is 14.3. The van der Waals surface area contributed by atoms with E-state index >= 15 is 0 Å². The normalized spacial score (nSPS) is 11.6. The molecule has 0 bridgehead atoms. The van der Waals surface area contributed by atoms with E-state index in [0.29, 0.717) is 27.0 Å². The molecule has 0 amide bonds. The molecule has 30 heavy (non-hydrogen) atoms. The Morgan fingerprint density at radius 2 is 1.80 bits per heavy atom. The topological polar surface area (TPSA) is 76.3 Å². The highest BCUT2D eigenvalue weighted by molar-refractivity contribution is 7.93. The molecule has 0 aliphatic carbocycles. The summed E-state index contributed by atoms with van der Waals surface area (Å²) < 4.78 is 33.4. The Labute approximate surface area is 183 Å². The van der Waals surface area contributed by atoms with Gasteiger partial charge in [0.1, 0.15) is 9.77 Å². The van der Waals surface area contributed by atoms with Crippen molar-refractivity contribution in [2.75, 3.05) is 11.4 Å². The first-order valence-electron chi connectivity index (χ1n) is 9.00. The van der Waals surface area contributed by atoms with Crippen LogP contribution in [0.25, 0.3) is 22.2 Å². The molecule has 0 aliphatic rings. The van der Waals surface area contributed by atoms with Crippen LogP contribution < -0.4 is 4.31 Å². The molecule has 0 N–H and O–H groups in total. The van der Waals surface area contributed by atoms with Crippen LogP contribution in [0.5, 0.6) is 0 Å². The van der Waals surface area contributed by atoms with Gasteiger partial charge in [-0.3, -0.25) is 4.31 Å². The Kier molecular flexibility index (Phi) is 5.40. The van der Waals surface area contributed by atoms with Crippen LogP contribution >= 0.6 is 22.9 Å². The van der Waals surface area contributed by atoms with E-state index in [-0.39, 0.29) is 10.8 Å². The summed E-state index contributed by atoms with van der Waals surface area (Å²) in [5.74, 6) is 0.485. The lowest BCUT2D eigenvalue weighted by Crippen LogP contribution is -2.26. The fourth-order valence-electron chi connectivity index (χ4n) is 3.14. The Balaban J connectivity index is 1.73. The van der Waals surface area contributed by atoms with Crippen LogP contribution in [0.1, 0.15) is 11.1 Å². The molecule has 0 atom stereocenters. The van der Waals surface area contributed by atoms with Crippen molar-refractivity contribution in [2.24, 2.45) is 0 Å². The second-order valence-electron chi connectivity index (χ2n) is 6.87. The average Bonchev–Trinajstić information content (AvgIpc) is 3.36. The molecule has 0 spiro atoms. The molecule has 154 valence electrons. The zero-order valence-electron chi connectivity index (χ0n) is 16.5. The van der Waals surface area contributed by atoms with Crippen LogP contribution in [-0.4, -0.2) is 25.6 Å². The van der Waals surface area contributed by atoms with Crippen LogP contribution in [0.15, 0.2) is 63.3 Å². The van der Waals surface area contributed by atoms with E-state index in [1.165, 1.54) is 22.7 Å². The zero-order valence-corrected chi connectivity index (χ0v) is 18.8. The summed E-state index contributed by atoms with van der Waals surface area (Å²) in [6.07, 6.45) is 0. The van der Waals surface area contributed by atoms with Gasteiger partial charge in [-0.15, -0.1) is 11.3 Å². The fourth-order valence-corrected chi connectivity index (χ4v) is 5.82. The Hall–Kier alpha value is -2.68. The number of halogens is 1. The number of nitrogens with zero attached hydrogens (tertiary/aromatic N) is 3. The van der Waals surface area contributed by atoms with E-state index in [4.69, 9.17) is 16.1 Å². The highest BCUT2D eigenvalue weighted by atomic mass is 35.5. The van der Waals surface area contributed by atoms with E-state index < -0.39 is 10.0 Å². The summed E-state index contributed by atoms with van der Waals surface area (Å²) in [5, 5.41) is 6.23. The van der Waals surface area contributed by atoms with Gasteiger partial charge in [0, 0.05) is 17.6 Å². The van der Waals surface area contributed by atoms with Crippen molar-refractivity contribution < 1.29 is 12.9 Å². The van der Waals surface area contributed by atoms with E-state index in [0.717, 1.165) is 11.1 Å². The van der Waals surface area contributed by atoms with E-state index in [1.807, 2.05) is 32.0 Å². The summed E-state index contributed by atoms with van der Waals surface area (Å²) in [6.45, 7) is 3.87. The molecule has 0 fully saturated rings. The number of sulfonamides is 1. The van der Waals surface area contributed by atoms with Gasteiger partial charge in [-0.25, -0.2) is 8.42 Å². The predicted octanol–water partition coefficient (Wildman–Crippen LogP) is 5.56. The number of aryl methyl sites for hydroxylation is 2. The third-order valence-corrected chi connectivity index (χ3v) is 7.64. The quantitative estimate of drug-likeness (QED) is 0.390. The smallest absolute Gasteiger partial charge is 0.269 e. The molecule has 9 heteroatoms. The summed E-state index contributed by atoms with van der Waals surface area (Å²) in [4.78, 5) is 4.91. The number of thiophene rings is 1. The van der Waals surface area contributed by atoms with Gasteiger partial charge in [0.25, 0.3) is 15.9 Å². The summed E-state index contributed by atoms with van der Waals surface area (Å²) >= 11 is 7.26. The number of rotatable bonds is 5. The maximum atomic E-state index is 13.4. The van der Waals surface area contributed by atoms with Crippen molar-refractivity contribution >= 4 is 38.6 Å². The molecule has 0 saturated carbocycles. The molecule has 2 heterocycles. The van der Waals surface area contributed by atoms with E-state index in [9.17, 15) is 8.42 Å². The van der Waals surface area contributed by atoms with Gasteiger partial charge in [-0.1, -0.05) is 35.0 Å². The van der Waals surface area contributed by atoms with Crippen molar-refractivity contribution in [1.29, 1.82) is 0 Å². The van der Waals surface area contributed by atoms with Crippen molar-refractivity contribution in [2.45, 2.75) is 18.7 Å². The van der Waals surface area contributed by atoms with E-state index in [1.54, 1.807) is 35.7 Å². The molecule has 0 radical (unpaired) electrons. The maximum absolute atomic E-state index is 13.4. The fraction of sp³-hybridized carbons (Fsp3) is 0.143. The van der Waals surface area contributed by atoms with Crippen molar-refractivity contribution in [3.63, 3.8) is 0 Å². The van der Waals surface area contributed by atoms with Crippen LogP contribution in [0, 0.1) is 13.8 Å². The van der Waals surface area contributed by atoms with Gasteiger partial charge < -0.3 is 4.52 Å². The standard InChI is InChI=1S/C21H18ClN3O3S2/c1-13-9-14(2)11-17(10-13)25(3)30(26,27)18-7-8-29-19(18)21-23-20(24-28-21)15-5-4-6-16(22)12-15/h4-12H,1-3H3. The molecule has 4 rings (SSSR count). The first-order valence-corrected chi connectivity index (χ1v) is 11.7. The summed E-state index contributed by atoms with van der Waals surface area (Å²) in [6, 6.07) is 14.3. The second-order valence-corrected chi connectivity index (χ2v) is 10.2. The summed E-state index contributed by atoms with van der Waals surface area (Å²) in [5.41, 5.74) is 3.25. The van der Waals surface area contributed by atoms with Crippen LogP contribution in [-0.2, 0) is 10.0 Å². The SMILES string of the molecule is Cc1cc(C)cc(N(C)S(=O)(=O)c2ccsc2-c2nc(-c3cccc(Cl)c3)no2)c1. The van der Waals surface area contributed by atoms with Crippen LogP contribution in [0.3, 0.4) is 0 Å². The molecule has 0 saturated heterocycles. The number of anilines is 1. The van der Waals surface area contributed by atoms with Crippen molar-refractivity contribution in [1.82, 2.24) is 10.1 Å². The maximum Gasteiger partial charge on any atom is 0.269 e. The molecule has 6 nitrogen and oxygen atoms in total. The third kappa shape index (κ3) is 3.86. The van der Waals surface area contributed by atoms with E-state index in [2.05, 4.69) is 10.1 Å². The first kappa shape index (κ1) is 20.6. The minimum absolute atomic E-state index is 0.121. The van der Waals surface area contributed by atoms with Crippen LogP contribution in [0.4, 0.5) is 5.69 Å². The van der Waals surface area contributed by atoms with Gasteiger partial charge in [0.15, 0.2) is 0 Å². The Morgan fingerprint density at radius 1 is 1.07 bits per heavy atom. The average molecular weight is 460 g/mol. The Morgan fingerprint density at radius 3 is 2.50 bits per heavy atom. The number of aromatic nitrogens is 2. The van der Waals surface area contributed by atoms with Crippen LogP contribution in [0.2, 0.25) is 5.02 Å². The predicted molar refractivity (Wildman–Crippen MR) is 120 cm³/mol. The lowest BCUT2D eigenvalue weighted by molar-refractivity contribution is 0.432. The molecule has 2 aromatic heterocycles. The second kappa shape index (κ2) is 7.86. The number of hydrogen-bond donors (Lipinski definition) is 0. The lowest BCUT2D eigenvalue weighted by Gasteiger charge is -2.20. The zero-order chi connectivity index (χ0) is 21.5. The van der Waals surface area contributed by atoms with Gasteiger partial charge >= 0.3 is 0 Å². The van der Waals surface area contributed by atoms with Crippen molar-refractivity contribution in [3.8, 4) is 22.2 Å². The number of benzene rings is 2. The minimum atomic E-state index is -3.83. The van der Waals surface area contributed by atoms with Crippen molar-refractivity contribution in [3.05, 3.63) is 70.1 Å². The number of hydrogen-bond acceptors (Lipinski definition) is 6. The van der Waals surface area contributed by atoms with Gasteiger partial charge in [0.05, 0.1) is 5.69 Å². The molecule has 0 aliphatic heterocycles.